The zero-order chi connectivity index (χ0) is 37.5. The van der Waals surface area contributed by atoms with Gasteiger partial charge in [-0.25, -0.2) is 15.0 Å². The van der Waals surface area contributed by atoms with Crippen molar-refractivity contribution in [2.24, 2.45) is 0 Å². The van der Waals surface area contributed by atoms with Crippen molar-refractivity contribution < 1.29 is 4.42 Å². The second kappa shape index (κ2) is 12.6. The third kappa shape index (κ3) is 4.98. The van der Waals surface area contributed by atoms with Crippen molar-refractivity contribution in [3.63, 3.8) is 0 Å². The number of para-hydroxylation sites is 2. The highest BCUT2D eigenvalue weighted by atomic mass is 32.1. The Morgan fingerprint density at radius 3 is 1.79 bits per heavy atom. The quantitative estimate of drug-likeness (QED) is 0.176. The SMILES string of the molecule is c1ccc(-c2ccc(-c3nc(-c4ccccc4)nc(-c4ccc(-n5c6ccccc6c6c7sc8ccccc8c7ccc65)c5c4oc4ccccc45)n3)cc2)cc1. The molecule has 0 spiro atoms. The van der Waals surface area contributed by atoms with E-state index < -0.39 is 0 Å². The molecule has 4 aromatic heterocycles. The third-order valence-corrected chi connectivity index (χ3v) is 12.3. The van der Waals surface area contributed by atoms with Crippen LogP contribution in [0.5, 0.6) is 0 Å². The van der Waals surface area contributed by atoms with E-state index in [9.17, 15) is 0 Å². The van der Waals surface area contributed by atoms with Crippen LogP contribution in [0.25, 0.3) is 115 Å². The van der Waals surface area contributed by atoms with Crippen molar-refractivity contribution >= 4 is 75.3 Å². The first-order chi connectivity index (χ1) is 28.3. The number of hydrogen-bond donors (Lipinski definition) is 0. The fourth-order valence-electron chi connectivity index (χ4n) is 8.45. The summed E-state index contributed by atoms with van der Waals surface area (Å²) < 4.78 is 11.9. The Morgan fingerprint density at radius 1 is 0.404 bits per heavy atom. The van der Waals surface area contributed by atoms with Crippen LogP contribution in [-0.2, 0) is 0 Å². The Morgan fingerprint density at radius 2 is 1.00 bits per heavy atom. The Balaban J connectivity index is 1.11. The summed E-state index contributed by atoms with van der Waals surface area (Å²) in [6, 6.07) is 63.6. The van der Waals surface area contributed by atoms with E-state index in [1.54, 1.807) is 0 Å². The van der Waals surface area contributed by atoms with Gasteiger partial charge in [-0.15, -0.1) is 11.3 Å². The minimum absolute atomic E-state index is 0.552. The zero-order valence-corrected chi connectivity index (χ0v) is 31.2. The second-order valence-corrected chi connectivity index (χ2v) is 15.4. The molecule has 0 amide bonds. The fraction of sp³-hybridized carbons (Fsp3) is 0. The second-order valence-electron chi connectivity index (χ2n) is 14.3. The number of benzene rings is 8. The van der Waals surface area contributed by atoms with Crippen molar-refractivity contribution in [1.82, 2.24) is 19.5 Å². The summed E-state index contributed by atoms with van der Waals surface area (Å²) in [6.45, 7) is 0. The molecular weight excluding hydrogens is 717 g/mol. The topological polar surface area (TPSA) is 56.7 Å². The van der Waals surface area contributed by atoms with Gasteiger partial charge in [0.1, 0.15) is 11.2 Å². The number of nitrogens with zero attached hydrogens (tertiary/aromatic N) is 4. The molecule has 12 rings (SSSR count). The molecule has 0 saturated heterocycles. The van der Waals surface area contributed by atoms with Crippen molar-refractivity contribution in [1.29, 1.82) is 0 Å². The number of furan rings is 1. The van der Waals surface area contributed by atoms with E-state index in [0.717, 1.165) is 66.5 Å². The summed E-state index contributed by atoms with van der Waals surface area (Å²) in [7, 11) is 0. The maximum Gasteiger partial charge on any atom is 0.167 e. The molecule has 0 aliphatic heterocycles. The molecule has 0 bridgehead atoms. The predicted octanol–water partition coefficient (Wildman–Crippen LogP) is 13.9. The third-order valence-electron chi connectivity index (χ3n) is 11.1. The fourth-order valence-corrected chi connectivity index (χ4v) is 9.71. The van der Waals surface area contributed by atoms with Gasteiger partial charge in [-0.05, 0) is 47.5 Å². The van der Waals surface area contributed by atoms with Crippen molar-refractivity contribution in [2.75, 3.05) is 0 Å². The predicted molar refractivity (Wildman–Crippen MR) is 236 cm³/mol. The molecular formula is C51H30N4OS. The maximum atomic E-state index is 6.86. The highest BCUT2D eigenvalue weighted by molar-refractivity contribution is 7.26. The standard InChI is InChI=1S/C51H30N4OS/c1-3-13-31(14-4-1)32-23-25-34(26-24-32)50-52-49(33-15-5-2-6-16-33)53-51(54-50)39-28-30-41(45-38-19-8-11-21-43(38)56-47(39)45)55-40-20-10-7-18-37(40)46-42(55)29-27-36-35-17-9-12-22-44(35)57-48(36)46/h1-30H. The molecule has 0 fully saturated rings. The van der Waals surface area contributed by atoms with Crippen LogP contribution in [0.15, 0.2) is 186 Å². The van der Waals surface area contributed by atoms with E-state index in [2.05, 4.69) is 138 Å². The summed E-state index contributed by atoms with van der Waals surface area (Å²) in [4.78, 5) is 15.4. The van der Waals surface area contributed by atoms with Crippen LogP contribution in [-0.4, -0.2) is 19.5 Å². The van der Waals surface area contributed by atoms with Crippen LogP contribution in [0.4, 0.5) is 0 Å². The van der Waals surface area contributed by atoms with Crippen LogP contribution in [0.2, 0.25) is 0 Å². The molecule has 0 radical (unpaired) electrons. The molecule has 0 saturated carbocycles. The summed E-state index contributed by atoms with van der Waals surface area (Å²) in [5, 5.41) is 7.12. The lowest BCUT2D eigenvalue weighted by molar-refractivity contribution is 0.669. The average Bonchev–Trinajstić information content (AvgIpc) is 3.97. The zero-order valence-electron chi connectivity index (χ0n) is 30.4. The van der Waals surface area contributed by atoms with E-state index in [1.807, 2.05) is 59.9 Å². The van der Waals surface area contributed by atoms with Gasteiger partial charge in [-0.1, -0.05) is 146 Å². The highest BCUT2D eigenvalue weighted by Crippen LogP contribution is 2.46. The molecule has 57 heavy (non-hydrogen) atoms. The Labute approximate surface area is 330 Å². The Kier molecular flexibility index (Phi) is 7.03. The molecule has 12 aromatic rings. The molecule has 0 aliphatic rings. The van der Waals surface area contributed by atoms with Crippen LogP contribution in [0.3, 0.4) is 0 Å². The maximum absolute atomic E-state index is 6.86. The Bertz CT molecular complexity index is 3510. The van der Waals surface area contributed by atoms with E-state index in [-0.39, 0.29) is 0 Å². The first kappa shape index (κ1) is 31.9. The summed E-state index contributed by atoms with van der Waals surface area (Å²) >= 11 is 1.87. The normalized spacial score (nSPS) is 11.9. The molecule has 0 unspecified atom stereocenters. The van der Waals surface area contributed by atoms with Gasteiger partial charge in [-0.2, -0.15) is 0 Å². The van der Waals surface area contributed by atoms with Gasteiger partial charge in [0.05, 0.1) is 27.7 Å². The molecule has 0 atom stereocenters. The van der Waals surface area contributed by atoms with Crippen LogP contribution >= 0.6 is 11.3 Å². The molecule has 266 valence electrons. The largest absolute Gasteiger partial charge is 0.455 e. The number of rotatable bonds is 5. The van der Waals surface area contributed by atoms with Gasteiger partial charge in [0, 0.05) is 47.5 Å². The monoisotopic (exact) mass is 746 g/mol. The summed E-state index contributed by atoms with van der Waals surface area (Å²) in [5.74, 6) is 1.75. The lowest BCUT2D eigenvalue weighted by Gasteiger charge is -2.13. The van der Waals surface area contributed by atoms with Gasteiger partial charge in [0.25, 0.3) is 0 Å². The van der Waals surface area contributed by atoms with Crippen LogP contribution in [0, 0.1) is 0 Å². The number of aromatic nitrogens is 4. The molecule has 5 nitrogen and oxygen atoms in total. The van der Waals surface area contributed by atoms with E-state index in [1.165, 1.54) is 30.9 Å². The van der Waals surface area contributed by atoms with Crippen LogP contribution < -0.4 is 0 Å². The molecule has 0 aliphatic carbocycles. The molecule has 8 aromatic carbocycles. The molecule has 4 heterocycles. The van der Waals surface area contributed by atoms with Crippen molar-refractivity contribution in [3.05, 3.63) is 182 Å². The van der Waals surface area contributed by atoms with E-state index in [0.29, 0.717) is 17.5 Å². The summed E-state index contributed by atoms with van der Waals surface area (Å²) in [6.07, 6.45) is 0. The number of hydrogen-bond acceptors (Lipinski definition) is 5. The lowest BCUT2D eigenvalue weighted by atomic mass is 10.0. The van der Waals surface area contributed by atoms with Gasteiger partial charge in [0.2, 0.25) is 0 Å². The van der Waals surface area contributed by atoms with Crippen molar-refractivity contribution in [3.8, 4) is 51.0 Å². The first-order valence-corrected chi connectivity index (χ1v) is 19.8. The van der Waals surface area contributed by atoms with Gasteiger partial charge >= 0.3 is 0 Å². The van der Waals surface area contributed by atoms with E-state index >= 15 is 0 Å². The van der Waals surface area contributed by atoms with Crippen molar-refractivity contribution in [2.45, 2.75) is 0 Å². The van der Waals surface area contributed by atoms with Gasteiger partial charge in [0.15, 0.2) is 17.5 Å². The highest BCUT2D eigenvalue weighted by Gasteiger charge is 2.24. The first-order valence-electron chi connectivity index (χ1n) is 19.0. The molecule has 6 heteroatoms. The van der Waals surface area contributed by atoms with Crippen LogP contribution in [0.1, 0.15) is 0 Å². The van der Waals surface area contributed by atoms with Gasteiger partial charge < -0.3 is 8.98 Å². The smallest absolute Gasteiger partial charge is 0.167 e. The minimum Gasteiger partial charge on any atom is -0.455 e. The van der Waals surface area contributed by atoms with Gasteiger partial charge in [-0.3, -0.25) is 0 Å². The lowest BCUT2D eigenvalue weighted by Crippen LogP contribution is -2.01. The van der Waals surface area contributed by atoms with E-state index in [4.69, 9.17) is 19.4 Å². The Hall–Kier alpha value is -7.41. The summed E-state index contributed by atoms with van der Waals surface area (Å²) in [5.41, 5.74) is 9.81. The number of fused-ring (bicyclic) bond motifs is 10. The molecule has 0 N–H and O–H groups in total. The number of thiophene rings is 1. The minimum atomic E-state index is 0.552. The average molecular weight is 747 g/mol.